The fourth-order valence-electron chi connectivity index (χ4n) is 2.73. The van der Waals surface area contributed by atoms with Crippen molar-refractivity contribution in [2.75, 3.05) is 0 Å². The van der Waals surface area contributed by atoms with Crippen molar-refractivity contribution in [1.82, 2.24) is 20.2 Å². The number of hydrogen-bond acceptors (Lipinski definition) is 7. The number of nitrogens with one attached hydrogen (secondary N) is 1. The molecular formula is C18H16N6O2. The predicted octanol–water partition coefficient (Wildman–Crippen LogP) is 3.76. The summed E-state index contributed by atoms with van der Waals surface area (Å²) < 4.78 is 0. The summed E-state index contributed by atoms with van der Waals surface area (Å²) in [4.78, 5) is 7.55. The zero-order chi connectivity index (χ0) is 18.1. The lowest BCUT2D eigenvalue weighted by molar-refractivity contribution is 0.446. The van der Waals surface area contributed by atoms with E-state index in [0.29, 0.717) is 16.7 Å². The predicted molar refractivity (Wildman–Crippen MR) is 96.6 cm³/mol. The van der Waals surface area contributed by atoms with E-state index in [1.165, 1.54) is 17.7 Å². The van der Waals surface area contributed by atoms with Gasteiger partial charge in [0.2, 0.25) is 0 Å². The molecule has 26 heavy (non-hydrogen) atoms. The number of aromatic hydroxyl groups is 2. The average Bonchev–Trinajstić information content (AvgIpc) is 3.00. The highest BCUT2D eigenvalue weighted by molar-refractivity contribution is 6.03. The van der Waals surface area contributed by atoms with Crippen LogP contribution in [0.25, 0.3) is 22.1 Å². The zero-order valence-corrected chi connectivity index (χ0v) is 14.0. The number of benzene rings is 2. The van der Waals surface area contributed by atoms with Crippen LogP contribution in [0.1, 0.15) is 18.1 Å². The van der Waals surface area contributed by atoms with E-state index in [2.05, 4.69) is 49.5 Å². The molecule has 0 unspecified atom stereocenters. The molecule has 2 aromatic carbocycles. The number of azo groups is 1. The molecule has 8 heteroatoms. The van der Waals surface area contributed by atoms with Gasteiger partial charge in [-0.05, 0) is 36.2 Å². The van der Waals surface area contributed by atoms with E-state index in [4.69, 9.17) is 0 Å². The van der Waals surface area contributed by atoms with Crippen LogP contribution in [0.15, 0.2) is 46.6 Å². The molecule has 0 amide bonds. The summed E-state index contributed by atoms with van der Waals surface area (Å²) >= 11 is 0. The highest BCUT2D eigenvalue weighted by atomic mass is 16.3. The first kappa shape index (κ1) is 15.9. The van der Waals surface area contributed by atoms with Gasteiger partial charge < -0.3 is 15.2 Å². The SMILES string of the molecule is CCc1ccc2[nH]c3nc(N=NCc4ccc(O)cc4O)nnc3c2c1. The van der Waals surface area contributed by atoms with Crippen molar-refractivity contribution in [2.45, 2.75) is 19.9 Å². The number of hydrogen-bond donors (Lipinski definition) is 3. The Kier molecular flexibility index (Phi) is 3.92. The molecule has 2 heterocycles. The first-order valence-electron chi connectivity index (χ1n) is 8.17. The van der Waals surface area contributed by atoms with Crippen LogP contribution in [0.2, 0.25) is 0 Å². The molecule has 130 valence electrons. The second kappa shape index (κ2) is 6.40. The first-order valence-corrected chi connectivity index (χ1v) is 8.17. The van der Waals surface area contributed by atoms with Crippen molar-refractivity contribution in [3.8, 4) is 11.5 Å². The second-order valence-corrected chi connectivity index (χ2v) is 5.88. The monoisotopic (exact) mass is 348 g/mol. The normalized spacial score (nSPS) is 11.7. The van der Waals surface area contributed by atoms with E-state index in [1.54, 1.807) is 6.07 Å². The van der Waals surface area contributed by atoms with Gasteiger partial charge in [-0.25, -0.2) is 0 Å². The molecule has 0 bridgehead atoms. The van der Waals surface area contributed by atoms with Gasteiger partial charge in [-0.15, -0.1) is 15.3 Å². The molecule has 0 saturated carbocycles. The maximum Gasteiger partial charge on any atom is 0.289 e. The molecule has 0 fully saturated rings. The lowest BCUT2D eigenvalue weighted by Crippen LogP contribution is -1.87. The third-order valence-corrected chi connectivity index (χ3v) is 4.15. The standard InChI is InChI=1S/C18H16N6O2/c1-2-10-3-6-14-13(7-10)16-17(20-14)21-18(24-22-16)23-19-9-11-4-5-12(25)8-15(11)26/h3-8,25-26H,2,9H2,1H3,(H,20,21,24). The molecule has 2 aromatic heterocycles. The number of fused-ring (bicyclic) bond motifs is 3. The van der Waals surface area contributed by atoms with Crippen molar-refractivity contribution in [1.29, 1.82) is 0 Å². The molecule has 0 aliphatic carbocycles. The van der Waals surface area contributed by atoms with Crippen LogP contribution in [-0.2, 0) is 13.0 Å². The van der Waals surface area contributed by atoms with E-state index in [-0.39, 0.29) is 24.0 Å². The third-order valence-electron chi connectivity index (χ3n) is 4.15. The Morgan fingerprint density at radius 2 is 1.96 bits per heavy atom. The molecule has 0 atom stereocenters. The summed E-state index contributed by atoms with van der Waals surface area (Å²) in [5, 5.41) is 36.2. The molecule has 0 aliphatic heterocycles. The minimum Gasteiger partial charge on any atom is -0.508 e. The van der Waals surface area contributed by atoms with Gasteiger partial charge in [0.15, 0.2) is 5.65 Å². The van der Waals surface area contributed by atoms with Gasteiger partial charge in [0.25, 0.3) is 5.95 Å². The van der Waals surface area contributed by atoms with Crippen LogP contribution in [0.3, 0.4) is 0 Å². The smallest absolute Gasteiger partial charge is 0.289 e. The van der Waals surface area contributed by atoms with Crippen LogP contribution in [0.4, 0.5) is 5.95 Å². The Labute approximate surface area is 148 Å². The van der Waals surface area contributed by atoms with E-state index in [1.807, 2.05) is 6.07 Å². The van der Waals surface area contributed by atoms with Gasteiger partial charge in [0.05, 0.1) is 6.54 Å². The average molecular weight is 348 g/mol. The molecule has 3 N–H and O–H groups in total. The summed E-state index contributed by atoms with van der Waals surface area (Å²) in [6.45, 7) is 2.24. The van der Waals surface area contributed by atoms with Gasteiger partial charge in [0, 0.05) is 22.5 Å². The van der Waals surface area contributed by atoms with Gasteiger partial charge in [0.1, 0.15) is 17.0 Å². The zero-order valence-electron chi connectivity index (χ0n) is 14.0. The van der Waals surface area contributed by atoms with E-state index < -0.39 is 0 Å². The molecule has 8 nitrogen and oxygen atoms in total. The Morgan fingerprint density at radius 3 is 2.77 bits per heavy atom. The van der Waals surface area contributed by atoms with E-state index in [0.717, 1.165) is 17.3 Å². The molecular weight excluding hydrogens is 332 g/mol. The van der Waals surface area contributed by atoms with Gasteiger partial charge in [-0.3, -0.25) is 0 Å². The van der Waals surface area contributed by atoms with Gasteiger partial charge in [-0.1, -0.05) is 13.0 Å². The second-order valence-electron chi connectivity index (χ2n) is 5.88. The number of rotatable bonds is 4. The highest BCUT2D eigenvalue weighted by Crippen LogP contribution is 2.25. The Morgan fingerprint density at radius 1 is 1.08 bits per heavy atom. The quantitative estimate of drug-likeness (QED) is 0.485. The Bertz CT molecular complexity index is 1140. The number of aromatic nitrogens is 4. The van der Waals surface area contributed by atoms with E-state index >= 15 is 0 Å². The van der Waals surface area contributed by atoms with Crippen LogP contribution < -0.4 is 0 Å². The molecule has 0 aliphatic rings. The summed E-state index contributed by atoms with van der Waals surface area (Å²) in [5.41, 5.74) is 4.01. The van der Waals surface area contributed by atoms with Crippen LogP contribution >= 0.6 is 0 Å². The van der Waals surface area contributed by atoms with Gasteiger partial charge in [-0.2, -0.15) is 10.1 Å². The lowest BCUT2D eigenvalue weighted by Gasteiger charge is -2.00. The lowest BCUT2D eigenvalue weighted by atomic mass is 10.1. The van der Waals surface area contributed by atoms with Crippen LogP contribution in [0, 0.1) is 0 Å². The molecule has 4 aromatic rings. The van der Waals surface area contributed by atoms with E-state index in [9.17, 15) is 10.2 Å². The van der Waals surface area contributed by atoms with Crippen molar-refractivity contribution >= 4 is 28.0 Å². The number of H-pyrrole nitrogens is 1. The van der Waals surface area contributed by atoms with Crippen LogP contribution in [-0.4, -0.2) is 30.4 Å². The van der Waals surface area contributed by atoms with Crippen LogP contribution in [0.5, 0.6) is 11.5 Å². The third kappa shape index (κ3) is 2.92. The molecule has 0 radical (unpaired) electrons. The minimum absolute atomic E-state index is 0.00813. The molecule has 0 saturated heterocycles. The van der Waals surface area contributed by atoms with Crippen molar-refractivity contribution in [3.05, 3.63) is 47.5 Å². The fraction of sp³-hybridized carbons (Fsp3) is 0.167. The first-order chi connectivity index (χ1) is 12.6. The maximum absolute atomic E-state index is 9.74. The topological polar surface area (TPSA) is 120 Å². The van der Waals surface area contributed by atoms with Crippen molar-refractivity contribution in [2.24, 2.45) is 10.2 Å². The Hall–Kier alpha value is -3.55. The minimum atomic E-state index is -0.0409. The summed E-state index contributed by atoms with van der Waals surface area (Å²) in [6.07, 6.45) is 0.944. The van der Waals surface area contributed by atoms with Gasteiger partial charge >= 0.3 is 0 Å². The van der Waals surface area contributed by atoms with Crippen molar-refractivity contribution < 1.29 is 10.2 Å². The molecule has 4 rings (SSSR count). The summed E-state index contributed by atoms with van der Waals surface area (Å²) in [7, 11) is 0. The molecule has 0 spiro atoms. The summed E-state index contributed by atoms with van der Waals surface area (Å²) in [6, 6.07) is 10.5. The largest absolute Gasteiger partial charge is 0.508 e. The Balaban J connectivity index is 1.61. The maximum atomic E-state index is 9.74. The number of aromatic amines is 1. The highest BCUT2D eigenvalue weighted by Gasteiger charge is 2.09. The number of nitrogens with zero attached hydrogens (tertiary/aromatic N) is 5. The number of phenolic OH excluding ortho intramolecular Hbond substituents is 2. The summed E-state index contributed by atoms with van der Waals surface area (Å²) in [5.74, 6) is 0.0880. The fourth-order valence-corrected chi connectivity index (χ4v) is 2.73. The number of phenols is 2. The number of aryl methyl sites for hydroxylation is 1. The van der Waals surface area contributed by atoms with Crippen molar-refractivity contribution in [3.63, 3.8) is 0 Å².